The zero-order chi connectivity index (χ0) is 12.8. The molecule has 1 N–H and O–H groups in total. The van der Waals surface area contributed by atoms with Crippen molar-refractivity contribution in [3.63, 3.8) is 0 Å². The van der Waals surface area contributed by atoms with Crippen LogP contribution in [0.15, 0.2) is 40.9 Å². The molecule has 0 saturated carbocycles. The molecule has 96 valence electrons. The first-order chi connectivity index (χ1) is 8.75. The zero-order valence-corrected chi connectivity index (χ0v) is 11.0. The SMILES string of the molecule is CC(C)CNCCc1ncc(-c2ccccc2)o1. The van der Waals surface area contributed by atoms with E-state index in [1.165, 1.54) is 0 Å². The minimum Gasteiger partial charge on any atom is -0.441 e. The average molecular weight is 244 g/mol. The third kappa shape index (κ3) is 3.70. The fraction of sp³-hybridized carbons (Fsp3) is 0.400. The molecule has 1 heterocycles. The monoisotopic (exact) mass is 244 g/mol. The van der Waals surface area contributed by atoms with E-state index in [0.717, 1.165) is 36.7 Å². The van der Waals surface area contributed by atoms with Crippen LogP contribution in [-0.4, -0.2) is 18.1 Å². The molecular weight excluding hydrogens is 224 g/mol. The van der Waals surface area contributed by atoms with Crippen LogP contribution in [0.25, 0.3) is 11.3 Å². The Morgan fingerprint density at radius 2 is 2.00 bits per heavy atom. The van der Waals surface area contributed by atoms with E-state index in [1.807, 2.05) is 30.3 Å². The molecule has 3 nitrogen and oxygen atoms in total. The average Bonchev–Trinajstić information content (AvgIpc) is 2.84. The summed E-state index contributed by atoms with van der Waals surface area (Å²) in [6, 6.07) is 10.1. The Bertz CT molecular complexity index is 462. The van der Waals surface area contributed by atoms with Crippen LogP contribution in [0.3, 0.4) is 0 Å². The highest BCUT2D eigenvalue weighted by molar-refractivity contribution is 5.55. The van der Waals surface area contributed by atoms with Gasteiger partial charge in [-0.15, -0.1) is 0 Å². The molecule has 0 aliphatic rings. The Balaban J connectivity index is 1.87. The molecule has 0 amide bonds. The van der Waals surface area contributed by atoms with Crippen molar-refractivity contribution in [1.82, 2.24) is 10.3 Å². The Labute approximate surface area is 108 Å². The fourth-order valence-corrected chi connectivity index (χ4v) is 1.75. The molecule has 2 aromatic rings. The molecule has 0 aliphatic heterocycles. The van der Waals surface area contributed by atoms with E-state index in [4.69, 9.17) is 4.42 Å². The maximum absolute atomic E-state index is 5.73. The normalized spacial score (nSPS) is 11.1. The number of aromatic nitrogens is 1. The molecule has 0 fully saturated rings. The molecule has 0 unspecified atom stereocenters. The van der Waals surface area contributed by atoms with E-state index in [9.17, 15) is 0 Å². The van der Waals surface area contributed by atoms with Crippen LogP contribution < -0.4 is 5.32 Å². The smallest absolute Gasteiger partial charge is 0.196 e. The number of rotatable bonds is 6. The van der Waals surface area contributed by atoms with Gasteiger partial charge in [0.15, 0.2) is 11.7 Å². The van der Waals surface area contributed by atoms with Crippen LogP contribution >= 0.6 is 0 Å². The molecule has 0 saturated heterocycles. The third-order valence-corrected chi connectivity index (χ3v) is 2.68. The van der Waals surface area contributed by atoms with E-state index in [0.29, 0.717) is 5.92 Å². The van der Waals surface area contributed by atoms with Crippen LogP contribution in [0, 0.1) is 5.92 Å². The largest absolute Gasteiger partial charge is 0.441 e. The van der Waals surface area contributed by atoms with Gasteiger partial charge in [0, 0.05) is 18.5 Å². The first-order valence-corrected chi connectivity index (χ1v) is 6.46. The third-order valence-electron chi connectivity index (χ3n) is 2.68. The van der Waals surface area contributed by atoms with Crippen LogP contribution in [0.2, 0.25) is 0 Å². The second kappa shape index (κ2) is 6.36. The van der Waals surface area contributed by atoms with Gasteiger partial charge < -0.3 is 9.73 Å². The molecular formula is C15H20N2O. The molecule has 0 atom stereocenters. The highest BCUT2D eigenvalue weighted by atomic mass is 16.4. The minimum absolute atomic E-state index is 0.675. The highest BCUT2D eigenvalue weighted by Crippen LogP contribution is 2.19. The van der Waals surface area contributed by atoms with Crippen LogP contribution in [0.1, 0.15) is 19.7 Å². The molecule has 1 aromatic carbocycles. The highest BCUT2D eigenvalue weighted by Gasteiger charge is 2.05. The standard InChI is InChI=1S/C15H20N2O/c1-12(2)10-16-9-8-15-17-11-14(18-15)13-6-4-3-5-7-13/h3-7,11-12,16H,8-10H2,1-2H3. The second-order valence-electron chi connectivity index (χ2n) is 4.83. The molecule has 0 radical (unpaired) electrons. The lowest BCUT2D eigenvalue weighted by Gasteiger charge is -2.05. The Hall–Kier alpha value is -1.61. The fourth-order valence-electron chi connectivity index (χ4n) is 1.75. The Kier molecular flexibility index (Phi) is 4.53. The van der Waals surface area contributed by atoms with E-state index in [2.05, 4.69) is 24.1 Å². The van der Waals surface area contributed by atoms with Crippen LogP contribution in [0.4, 0.5) is 0 Å². The summed E-state index contributed by atoms with van der Waals surface area (Å²) in [7, 11) is 0. The summed E-state index contributed by atoms with van der Waals surface area (Å²) >= 11 is 0. The summed E-state index contributed by atoms with van der Waals surface area (Å²) in [6.45, 7) is 6.34. The summed E-state index contributed by atoms with van der Waals surface area (Å²) in [5.41, 5.74) is 1.08. The quantitative estimate of drug-likeness (QED) is 0.793. The van der Waals surface area contributed by atoms with E-state index in [1.54, 1.807) is 6.20 Å². The Morgan fingerprint density at radius 1 is 1.22 bits per heavy atom. The number of hydrogen-bond acceptors (Lipinski definition) is 3. The van der Waals surface area contributed by atoms with Crippen molar-refractivity contribution < 1.29 is 4.42 Å². The first kappa shape index (κ1) is 12.8. The predicted octanol–water partition coefficient (Wildman–Crippen LogP) is 3.13. The first-order valence-electron chi connectivity index (χ1n) is 6.46. The summed E-state index contributed by atoms with van der Waals surface area (Å²) in [5, 5.41) is 3.38. The van der Waals surface area contributed by atoms with Gasteiger partial charge in [0.05, 0.1) is 6.20 Å². The van der Waals surface area contributed by atoms with Gasteiger partial charge in [-0.3, -0.25) is 0 Å². The molecule has 18 heavy (non-hydrogen) atoms. The minimum atomic E-state index is 0.675. The van der Waals surface area contributed by atoms with Gasteiger partial charge in [-0.2, -0.15) is 0 Å². The lowest BCUT2D eigenvalue weighted by Crippen LogP contribution is -2.22. The van der Waals surface area contributed by atoms with Crippen LogP contribution in [-0.2, 0) is 6.42 Å². The Morgan fingerprint density at radius 3 is 2.72 bits per heavy atom. The van der Waals surface area contributed by atoms with Crippen molar-refractivity contribution >= 4 is 0 Å². The lowest BCUT2D eigenvalue weighted by atomic mass is 10.2. The molecule has 2 rings (SSSR count). The predicted molar refractivity (Wildman–Crippen MR) is 73.4 cm³/mol. The van der Waals surface area contributed by atoms with Crippen molar-refractivity contribution in [2.75, 3.05) is 13.1 Å². The zero-order valence-electron chi connectivity index (χ0n) is 11.0. The molecule has 1 aromatic heterocycles. The van der Waals surface area contributed by atoms with E-state index in [-0.39, 0.29) is 0 Å². The van der Waals surface area contributed by atoms with Crippen molar-refractivity contribution in [3.8, 4) is 11.3 Å². The number of hydrogen-bond donors (Lipinski definition) is 1. The van der Waals surface area contributed by atoms with Crippen molar-refractivity contribution in [2.45, 2.75) is 20.3 Å². The number of nitrogens with one attached hydrogen (secondary N) is 1. The topological polar surface area (TPSA) is 38.1 Å². The summed E-state index contributed by atoms with van der Waals surface area (Å²) in [6.07, 6.45) is 2.63. The second-order valence-corrected chi connectivity index (χ2v) is 4.83. The van der Waals surface area contributed by atoms with Gasteiger partial charge in [-0.1, -0.05) is 44.2 Å². The molecule has 0 spiro atoms. The van der Waals surface area contributed by atoms with Gasteiger partial charge in [-0.05, 0) is 12.5 Å². The van der Waals surface area contributed by atoms with Gasteiger partial charge in [0.1, 0.15) is 0 Å². The van der Waals surface area contributed by atoms with Crippen molar-refractivity contribution in [2.24, 2.45) is 5.92 Å². The van der Waals surface area contributed by atoms with E-state index < -0.39 is 0 Å². The maximum Gasteiger partial charge on any atom is 0.196 e. The lowest BCUT2D eigenvalue weighted by molar-refractivity contribution is 0.483. The summed E-state index contributed by atoms with van der Waals surface area (Å²) < 4.78 is 5.73. The number of nitrogens with zero attached hydrogens (tertiary/aromatic N) is 1. The number of oxazole rings is 1. The number of benzene rings is 1. The summed E-state index contributed by atoms with van der Waals surface area (Å²) in [4.78, 5) is 4.30. The molecule has 3 heteroatoms. The maximum atomic E-state index is 5.73. The van der Waals surface area contributed by atoms with Gasteiger partial charge in [0.25, 0.3) is 0 Å². The van der Waals surface area contributed by atoms with E-state index >= 15 is 0 Å². The van der Waals surface area contributed by atoms with Gasteiger partial charge >= 0.3 is 0 Å². The summed E-state index contributed by atoms with van der Waals surface area (Å²) in [5.74, 6) is 2.31. The van der Waals surface area contributed by atoms with Crippen LogP contribution in [0.5, 0.6) is 0 Å². The van der Waals surface area contributed by atoms with Crippen molar-refractivity contribution in [3.05, 3.63) is 42.4 Å². The molecule has 0 aliphatic carbocycles. The molecule has 0 bridgehead atoms. The van der Waals surface area contributed by atoms with Crippen molar-refractivity contribution in [1.29, 1.82) is 0 Å². The van der Waals surface area contributed by atoms with Gasteiger partial charge in [-0.25, -0.2) is 4.98 Å². The van der Waals surface area contributed by atoms with Gasteiger partial charge in [0.2, 0.25) is 0 Å².